The summed E-state index contributed by atoms with van der Waals surface area (Å²) < 4.78 is 5.64. The largest absolute Gasteiger partial charge is 0.456 e. The number of benzene rings is 2. The summed E-state index contributed by atoms with van der Waals surface area (Å²) in [5, 5.41) is 23.3. The van der Waals surface area contributed by atoms with Gasteiger partial charge in [-0.2, -0.15) is 5.26 Å². The lowest BCUT2D eigenvalue weighted by molar-refractivity contribution is -0.384. The summed E-state index contributed by atoms with van der Waals surface area (Å²) in [6.07, 6.45) is 1.30. The van der Waals surface area contributed by atoms with E-state index in [-0.39, 0.29) is 22.8 Å². The van der Waals surface area contributed by atoms with Crippen LogP contribution in [0.1, 0.15) is 16.9 Å². The first-order valence-electron chi connectivity index (χ1n) is 8.72. The topological polar surface area (TPSA) is 109 Å². The highest BCUT2D eigenvalue weighted by Crippen LogP contribution is 2.32. The van der Waals surface area contributed by atoms with E-state index in [9.17, 15) is 20.2 Å². The fourth-order valence-corrected chi connectivity index (χ4v) is 2.79. The molecule has 0 aliphatic carbocycles. The molecule has 0 saturated heterocycles. The quantitative estimate of drug-likeness (QED) is 0.286. The molecule has 1 heterocycles. The Bertz CT molecular complexity index is 1170. The fourth-order valence-electron chi connectivity index (χ4n) is 2.79. The predicted molar refractivity (Wildman–Crippen MR) is 109 cm³/mol. The number of nitriles is 1. The number of nitro benzene ring substituents is 1. The van der Waals surface area contributed by atoms with E-state index in [0.29, 0.717) is 11.3 Å². The van der Waals surface area contributed by atoms with Gasteiger partial charge in [-0.25, -0.2) is 0 Å². The molecule has 0 spiro atoms. The highest BCUT2D eigenvalue weighted by molar-refractivity contribution is 6.09. The molecule has 1 amide bonds. The molecule has 144 valence electrons. The van der Waals surface area contributed by atoms with Crippen molar-refractivity contribution in [1.29, 1.82) is 5.26 Å². The summed E-state index contributed by atoms with van der Waals surface area (Å²) in [5.74, 6) is -0.0532. The van der Waals surface area contributed by atoms with Gasteiger partial charge in [0.15, 0.2) is 0 Å². The summed E-state index contributed by atoms with van der Waals surface area (Å²) in [4.78, 5) is 23.2. The van der Waals surface area contributed by atoms with E-state index >= 15 is 0 Å². The third kappa shape index (κ3) is 4.57. The van der Waals surface area contributed by atoms with Gasteiger partial charge in [-0.1, -0.05) is 18.2 Å². The van der Waals surface area contributed by atoms with Crippen molar-refractivity contribution in [2.45, 2.75) is 13.8 Å². The van der Waals surface area contributed by atoms with Crippen LogP contribution in [0.5, 0.6) is 0 Å². The fraction of sp³-hybridized carbons (Fsp3) is 0.0909. The predicted octanol–water partition coefficient (Wildman–Crippen LogP) is 5.02. The van der Waals surface area contributed by atoms with Gasteiger partial charge >= 0.3 is 0 Å². The monoisotopic (exact) mass is 387 g/mol. The maximum Gasteiger partial charge on any atom is 0.280 e. The Morgan fingerprint density at radius 3 is 2.59 bits per heavy atom. The lowest BCUT2D eigenvalue weighted by Gasteiger charge is -2.04. The van der Waals surface area contributed by atoms with E-state index in [1.807, 2.05) is 19.1 Å². The Balaban J connectivity index is 1.87. The number of rotatable bonds is 5. The van der Waals surface area contributed by atoms with Gasteiger partial charge in [-0.05, 0) is 55.3 Å². The number of nitro groups is 1. The molecule has 0 atom stereocenters. The molecule has 7 heteroatoms. The van der Waals surface area contributed by atoms with E-state index in [2.05, 4.69) is 5.32 Å². The van der Waals surface area contributed by atoms with Gasteiger partial charge < -0.3 is 9.73 Å². The molecule has 3 rings (SSSR count). The van der Waals surface area contributed by atoms with Gasteiger partial charge in [-0.15, -0.1) is 0 Å². The molecule has 0 bridgehead atoms. The second kappa shape index (κ2) is 8.23. The van der Waals surface area contributed by atoms with Gasteiger partial charge in [-0.3, -0.25) is 14.9 Å². The minimum atomic E-state index is -0.572. The Labute approximate surface area is 167 Å². The Morgan fingerprint density at radius 1 is 1.14 bits per heavy atom. The molecule has 0 unspecified atom stereocenters. The Hall–Kier alpha value is -4.18. The van der Waals surface area contributed by atoms with E-state index in [1.54, 1.807) is 49.4 Å². The van der Waals surface area contributed by atoms with Crippen molar-refractivity contribution in [2.24, 2.45) is 0 Å². The summed E-state index contributed by atoms with van der Waals surface area (Å²) in [6, 6.07) is 17.0. The zero-order valence-electron chi connectivity index (χ0n) is 15.8. The summed E-state index contributed by atoms with van der Waals surface area (Å²) in [7, 11) is 0. The number of furan rings is 1. The average molecular weight is 387 g/mol. The lowest BCUT2D eigenvalue weighted by Crippen LogP contribution is -2.13. The number of aryl methyl sites for hydroxylation is 2. The minimum absolute atomic E-state index is 0.0763. The number of amides is 1. The molecule has 1 N–H and O–H groups in total. The molecular weight excluding hydrogens is 370 g/mol. The highest BCUT2D eigenvalue weighted by atomic mass is 16.6. The standard InChI is InChI=1S/C22H17N3O4/c1-14-4-3-5-17(10-14)24-22(26)16(13-23)12-18-7-9-21(29-18)19-8-6-15(2)11-20(19)25(27)28/h3-12H,1-2H3,(H,24,26)/b16-12+. The molecule has 2 aromatic carbocycles. The number of carbonyl (C=O) groups excluding carboxylic acids is 1. The molecule has 0 aliphatic rings. The van der Waals surface area contributed by atoms with Crippen LogP contribution < -0.4 is 5.32 Å². The molecule has 1 aromatic heterocycles. The number of nitrogens with one attached hydrogen (secondary N) is 1. The SMILES string of the molecule is Cc1cccc(NC(=O)/C(C#N)=C/c2ccc(-c3ccc(C)cc3[N+](=O)[O-])o2)c1. The van der Waals surface area contributed by atoms with Gasteiger partial charge in [0.25, 0.3) is 11.6 Å². The van der Waals surface area contributed by atoms with Gasteiger partial charge in [0.2, 0.25) is 0 Å². The number of anilines is 1. The van der Waals surface area contributed by atoms with Gasteiger partial charge in [0, 0.05) is 17.8 Å². The molecule has 7 nitrogen and oxygen atoms in total. The van der Waals surface area contributed by atoms with E-state index in [1.165, 1.54) is 12.1 Å². The van der Waals surface area contributed by atoms with Crippen LogP contribution in [0.25, 0.3) is 17.4 Å². The van der Waals surface area contributed by atoms with Crippen LogP contribution in [0, 0.1) is 35.3 Å². The Kier molecular flexibility index (Phi) is 5.56. The number of carbonyl (C=O) groups is 1. The molecule has 0 saturated carbocycles. The van der Waals surface area contributed by atoms with Crippen LogP contribution in [-0.4, -0.2) is 10.8 Å². The number of hydrogen-bond acceptors (Lipinski definition) is 5. The molecule has 0 radical (unpaired) electrons. The highest BCUT2D eigenvalue weighted by Gasteiger charge is 2.18. The molecular formula is C22H17N3O4. The van der Waals surface area contributed by atoms with Crippen LogP contribution in [0.2, 0.25) is 0 Å². The average Bonchev–Trinajstić information content (AvgIpc) is 3.14. The number of hydrogen-bond donors (Lipinski definition) is 1. The van der Waals surface area contributed by atoms with E-state index < -0.39 is 10.8 Å². The minimum Gasteiger partial charge on any atom is -0.456 e. The second-order valence-corrected chi connectivity index (χ2v) is 6.47. The maximum atomic E-state index is 12.4. The van der Waals surface area contributed by atoms with Gasteiger partial charge in [0.1, 0.15) is 23.2 Å². The molecule has 0 fully saturated rings. The van der Waals surface area contributed by atoms with Gasteiger partial charge in [0.05, 0.1) is 10.5 Å². The van der Waals surface area contributed by atoms with Crippen molar-refractivity contribution in [2.75, 3.05) is 5.32 Å². The third-order valence-electron chi connectivity index (χ3n) is 4.17. The van der Waals surface area contributed by atoms with Crippen molar-refractivity contribution in [3.05, 3.63) is 87.2 Å². The zero-order valence-corrected chi connectivity index (χ0v) is 15.8. The van der Waals surface area contributed by atoms with E-state index in [4.69, 9.17) is 4.42 Å². The molecule has 3 aromatic rings. The van der Waals surface area contributed by atoms with Crippen LogP contribution in [0.15, 0.2) is 64.6 Å². The maximum absolute atomic E-state index is 12.4. The first-order chi connectivity index (χ1) is 13.9. The van der Waals surface area contributed by atoms with Crippen molar-refractivity contribution < 1.29 is 14.1 Å². The van der Waals surface area contributed by atoms with Crippen LogP contribution in [0.4, 0.5) is 11.4 Å². The van der Waals surface area contributed by atoms with Crippen molar-refractivity contribution >= 4 is 23.4 Å². The smallest absolute Gasteiger partial charge is 0.280 e. The Morgan fingerprint density at radius 2 is 1.90 bits per heavy atom. The summed E-state index contributed by atoms with van der Waals surface area (Å²) >= 11 is 0. The van der Waals surface area contributed by atoms with E-state index in [0.717, 1.165) is 11.1 Å². The lowest BCUT2D eigenvalue weighted by atomic mass is 10.1. The first-order valence-corrected chi connectivity index (χ1v) is 8.72. The third-order valence-corrected chi connectivity index (χ3v) is 4.17. The molecule has 29 heavy (non-hydrogen) atoms. The summed E-state index contributed by atoms with van der Waals surface area (Å²) in [6.45, 7) is 3.66. The number of nitrogens with zero attached hydrogens (tertiary/aromatic N) is 2. The first kappa shape index (κ1) is 19.6. The van der Waals surface area contributed by atoms with Crippen molar-refractivity contribution in [3.8, 4) is 17.4 Å². The van der Waals surface area contributed by atoms with Crippen molar-refractivity contribution in [1.82, 2.24) is 0 Å². The second-order valence-electron chi connectivity index (χ2n) is 6.47. The van der Waals surface area contributed by atoms with Crippen LogP contribution in [0.3, 0.4) is 0 Å². The normalized spacial score (nSPS) is 11.0. The van der Waals surface area contributed by atoms with Crippen molar-refractivity contribution in [3.63, 3.8) is 0 Å². The zero-order chi connectivity index (χ0) is 21.0. The van der Waals surface area contributed by atoms with Crippen LogP contribution >= 0.6 is 0 Å². The molecule has 0 aliphatic heterocycles. The van der Waals surface area contributed by atoms with Crippen LogP contribution in [-0.2, 0) is 4.79 Å². The summed E-state index contributed by atoms with van der Waals surface area (Å²) in [5.41, 5.74) is 2.40.